The van der Waals surface area contributed by atoms with Crippen molar-refractivity contribution < 1.29 is 14.3 Å². The zero-order valence-electron chi connectivity index (χ0n) is 16.6. The van der Waals surface area contributed by atoms with Crippen molar-refractivity contribution in [1.29, 1.82) is 0 Å². The van der Waals surface area contributed by atoms with Crippen molar-refractivity contribution in [2.24, 2.45) is 0 Å². The summed E-state index contributed by atoms with van der Waals surface area (Å²) >= 11 is 0. The number of nitrogens with one attached hydrogen (secondary N) is 2. The van der Waals surface area contributed by atoms with Gasteiger partial charge in [-0.1, -0.05) is 24.3 Å². The van der Waals surface area contributed by atoms with Gasteiger partial charge < -0.3 is 15.4 Å². The molecule has 2 aromatic carbocycles. The van der Waals surface area contributed by atoms with Gasteiger partial charge in [0, 0.05) is 24.6 Å². The fourth-order valence-corrected chi connectivity index (χ4v) is 3.33. The number of rotatable bonds is 6. The maximum absolute atomic E-state index is 12.4. The Bertz CT molecular complexity index is 1030. The maximum atomic E-state index is 12.4. The van der Waals surface area contributed by atoms with Crippen LogP contribution in [-0.2, 0) is 11.3 Å². The number of amides is 3. The van der Waals surface area contributed by atoms with Crippen LogP contribution in [0.4, 0.5) is 15.3 Å². The van der Waals surface area contributed by atoms with Gasteiger partial charge in [0.25, 0.3) is 0 Å². The van der Waals surface area contributed by atoms with E-state index in [2.05, 4.69) is 15.7 Å². The Morgan fingerprint density at radius 3 is 2.77 bits per heavy atom. The standard InChI is InChI=1S/C22H23N5O3/c1-16(18-6-3-7-19(14-18)26-11-12-30-22(26)29)25-21(28)23-15-17-5-2-8-20(13-17)27-10-4-9-24-27/h2-10,13-14,16H,11-12,15H2,1H3,(H2,23,25,28). The van der Waals surface area contributed by atoms with Crippen LogP contribution in [0.5, 0.6) is 0 Å². The fourth-order valence-electron chi connectivity index (χ4n) is 3.33. The molecule has 1 aliphatic heterocycles. The summed E-state index contributed by atoms with van der Waals surface area (Å²) in [5.41, 5.74) is 3.58. The highest BCUT2D eigenvalue weighted by Crippen LogP contribution is 2.23. The van der Waals surface area contributed by atoms with E-state index < -0.39 is 0 Å². The topological polar surface area (TPSA) is 88.5 Å². The van der Waals surface area contributed by atoms with E-state index in [9.17, 15) is 9.59 Å². The Labute approximate surface area is 174 Å². The van der Waals surface area contributed by atoms with Crippen molar-refractivity contribution >= 4 is 17.8 Å². The minimum atomic E-state index is -0.345. The number of aromatic nitrogens is 2. The molecule has 8 heteroatoms. The third-order valence-corrected chi connectivity index (χ3v) is 4.92. The van der Waals surface area contributed by atoms with Crippen LogP contribution in [0, 0.1) is 0 Å². The first kappa shape index (κ1) is 19.5. The lowest BCUT2D eigenvalue weighted by Gasteiger charge is -2.18. The second-order valence-corrected chi connectivity index (χ2v) is 7.03. The van der Waals surface area contributed by atoms with Crippen LogP contribution in [-0.4, -0.2) is 35.1 Å². The molecule has 2 N–H and O–H groups in total. The molecule has 0 spiro atoms. The summed E-state index contributed by atoms with van der Waals surface area (Å²) in [5.74, 6) is 0. The van der Waals surface area contributed by atoms with E-state index in [4.69, 9.17) is 4.74 Å². The van der Waals surface area contributed by atoms with Crippen LogP contribution in [0.25, 0.3) is 5.69 Å². The number of hydrogen-bond acceptors (Lipinski definition) is 4. The quantitative estimate of drug-likeness (QED) is 0.658. The van der Waals surface area contributed by atoms with E-state index in [0.717, 1.165) is 22.5 Å². The maximum Gasteiger partial charge on any atom is 0.414 e. The van der Waals surface area contributed by atoms with Crippen molar-refractivity contribution in [3.63, 3.8) is 0 Å². The number of hydrogen-bond donors (Lipinski definition) is 2. The fraction of sp³-hybridized carbons (Fsp3) is 0.227. The molecule has 1 aromatic heterocycles. The number of anilines is 1. The number of urea groups is 1. The molecule has 8 nitrogen and oxygen atoms in total. The summed E-state index contributed by atoms with van der Waals surface area (Å²) in [6.45, 7) is 3.22. The Morgan fingerprint density at radius 1 is 1.17 bits per heavy atom. The molecule has 3 amide bonds. The van der Waals surface area contributed by atoms with Crippen LogP contribution in [0.2, 0.25) is 0 Å². The Morgan fingerprint density at radius 2 is 2.00 bits per heavy atom. The highest BCUT2D eigenvalue weighted by molar-refractivity contribution is 5.89. The summed E-state index contributed by atoms with van der Waals surface area (Å²) in [6.07, 6.45) is 3.25. The van der Waals surface area contributed by atoms with Gasteiger partial charge in [0.05, 0.1) is 18.3 Å². The summed E-state index contributed by atoms with van der Waals surface area (Å²) in [5, 5.41) is 10.0. The Kier molecular flexibility index (Phi) is 5.65. The lowest BCUT2D eigenvalue weighted by Crippen LogP contribution is -2.36. The number of benzene rings is 2. The Hall–Kier alpha value is -3.81. The van der Waals surface area contributed by atoms with Crippen molar-refractivity contribution in [1.82, 2.24) is 20.4 Å². The summed E-state index contributed by atoms with van der Waals surface area (Å²) in [7, 11) is 0. The van der Waals surface area contributed by atoms with Gasteiger partial charge in [0.15, 0.2) is 0 Å². The van der Waals surface area contributed by atoms with E-state index in [1.165, 1.54) is 0 Å². The summed E-state index contributed by atoms with van der Waals surface area (Å²) in [4.78, 5) is 25.7. The van der Waals surface area contributed by atoms with Gasteiger partial charge in [-0.25, -0.2) is 14.3 Å². The first-order valence-corrected chi connectivity index (χ1v) is 9.78. The molecular weight excluding hydrogens is 382 g/mol. The highest BCUT2D eigenvalue weighted by atomic mass is 16.6. The molecule has 154 valence electrons. The van der Waals surface area contributed by atoms with Gasteiger partial charge in [-0.3, -0.25) is 4.90 Å². The van der Waals surface area contributed by atoms with Crippen LogP contribution in [0.1, 0.15) is 24.1 Å². The molecule has 0 bridgehead atoms. The normalized spacial score (nSPS) is 14.3. The molecule has 4 rings (SSSR count). The zero-order chi connectivity index (χ0) is 20.9. The number of ether oxygens (including phenoxy) is 1. The molecule has 1 aliphatic rings. The first-order chi connectivity index (χ1) is 14.6. The molecule has 0 saturated carbocycles. The van der Waals surface area contributed by atoms with Gasteiger partial charge in [-0.2, -0.15) is 5.10 Å². The highest BCUT2D eigenvalue weighted by Gasteiger charge is 2.24. The van der Waals surface area contributed by atoms with Crippen molar-refractivity contribution in [3.8, 4) is 5.69 Å². The number of nitrogens with zero attached hydrogens (tertiary/aromatic N) is 3. The molecule has 30 heavy (non-hydrogen) atoms. The van der Waals surface area contributed by atoms with Gasteiger partial charge in [-0.15, -0.1) is 0 Å². The third-order valence-electron chi connectivity index (χ3n) is 4.92. The predicted octanol–water partition coefficient (Wildman–Crippen LogP) is 3.39. The number of carbonyl (C=O) groups excluding carboxylic acids is 2. The SMILES string of the molecule is CC(NC(=O)NCc1cccc(-n2cccn2)c1)c1cccc(N2CCOC2=O)c1. The second-order valence-electron chi connectivity index (χ2n) is 7.03. The molecule has 0 radical (unpaired) electrons. The molecule has 2 heterocycles. The van der Waals surface area contributed by atoms with Crippen LogP contribution in [0.15, 0.2) is 67.0 Å². The van der Waals surface area contributed by atoms with Gasteiger partial charge >= 0.3 is 12.1 Å². The molecule has 1 unspecified atom stereocenters. The van der Waals surface area contributed by atoms with Crippen molar-refractivity contribution in [2.45, 2.75) is 19.5 Å². The smallest absolute Gasteiger partial charge is 0.414 e. The third kappa shape index (κ3) is 4.43. The largest absolute Gasteiger partial charge is 0.447 e. The second kappa shape index (κ2) is 8.69. The van der Waals surface area contributed by atoms with E-state index in [1.54, 1.807) is 15.8 Å². The summed E-state index contributed by atoms with van der Waals surface area (Å²) < 4.78 is 6.77. The van der Waals surface area contributed by atoms with Crippen LogP contribution < -0.4 is 15.5 Å². The van der Waals surface area contributed by atoms with Gasteiger partial charge in [0.1, 0.15) is 6.61 Å². The molecule has 1 fully saturated rings. The molecular formula is C22H23N5O3. The van der Waals surface area contributed by atoms with Gasteiger partial charge in [0.2, 0.25) is 0 Å². The average Bonchev–Trinajstić information content (AvgIpc) is 3.44. The average molecular weight is 405 g/mol. The van der Waals surface area contributed by atoms with Crippen molar-refractivity contribution in [2.75, 3.05) is 18.1 Å². The van der Waals surface area contributed by atoms with Gasteiger partial charge in [-0.05, 0) is 48.4 Å². The monoisotopic (exact) mass is 405 g/mol. The zero-order valence-corrected chi connectivity index (χ0v) is 16.6. The lowest BCUT2D eigenvalue weighted by atomic mass is 10.1. The van der Waals surface area contributed by atoms with Crippen LogP contribution >= 0.6 is 0 Å². The van der Waals surface area contributed by atoms with E-state index in [1.807, 2.05) is 67.7 Å². The number of carbonyl (C=O) groups is 2. The first-order valence-electron chi connectivity index (χ1n) is 9.78. The van der Waals surface area contributed by atoms with E-state index >= 15 is 0 Å². The number of cyclic esters (lactones) is 1. The predicted molar refractivity (Wildman–Crippen MR) is 112 cm³/mol. The summed E-state index contributed by atoms with van der Waals surface area (Å²) in [6, 6.07) is 16.7. The van der Waals surface area contributed by atoms with Crippen molar-refractivity contribution in [3.05, 3.63) is 78.1 Å². The van der Waals surface area contributed by atoms with E-state index in [0.29, 0.717) is 19.7 Å². The molecule has 1 saturated heterocycles. The minimum Gasteiger partial charge on any atom is -0.447 e. The molecule has 0 aliphatic carbocycles. The molecule has 3 aromatic rings. The lowest BCUT2D eigenvalue weighted by molar-refractivity contribution is 0.181. The van der Waals surface area contributed by atoms with E-state index in [-0.39, 0.29) is 18.2 Å². The van der Waals surface area contributed by atoms with Crippen LogP contribution in [0.3, 0.4) is 0 Å². The molecule has 1 atom stereocenters. The Balaban J connectivity index is 1.34. The minimum absolute atomic E-state index is 0.223.